The summed E-state index contributed by atoms with van der Waals surface area (Å²) in [5, 5.41) is 10.2. The van der Waals surface area contributed by atoms with Crippen LogP contribution < -0.4 is 4.90 Å². The van der Waals surface area contributed by atoms with Gasteiger partial charge in [-0.2, -0.15) is 0 Å². The summed E-state index contributed by atoms with van der Waals surface area (Å²) in [6.07, 6.45) is 2.44. The van der Waals surface area contributed by atoms with E-state index in [1.807, 2.05) is 0 Å². The number of nitrogens with zero attached hydrogens (tertiary/aromatic N) is 3. The molecule has 2 N–H and O–H groups in total. The predicted molar refractivity (Wildman–Crippen MR) is 93.0 cm³/mol. The lowest BCUT2D eigenvalue weighted by atomic mass is 10.1. The summed E-state index contributed by atoms with van der Waals surface area (Å²) >= 11 is 0. The number of hydrogen-bond donors (Lipinski definition) is 2. The Morgan fingerprint density at radius 3 is 2.71 bits per heavy atom. The van der Waals surface area contributed by atoms with Gasteiger partial charge in [-0.05, 0) is 31.0 Å². The maximum atomic E-state index is 12.4. The van der Waals surface area contributed by atoms with Crippen molar-refractivity contribution < 1.29 is 9.90 Å². The largest absolute Gasteiger partial charge is 0.383 e. The molecule has 0 spiro atoms. The lowest BCUT2D eigenvalue weighted by Crippen LogP contribution is -2.52. The average molecular weight is 328 g/mol. The van der Waals surface area contributed by atoms with Gasteiger partial charge >= 0.3 is 0 Å². The number of aliphatic hydroxyl groups is 1. The number of carbonyl (C=O) groups is 1. The highest BCUT2D eigenvalue weighted by atomic mass is 16.3. The smallest absolute Gasteiger partial charge is 0.251 e. The summed E-state index contributed by atoms with van der Waals surface area (Å²) in [6.45, 7) is 7.08. The van der Waals surface area contributed by atoms with Crippen LogP contribution in [0.2, 0.25) is 0 Å². The number of aryl methyl sites for hydroxylation is 1. The van der Waals surface area contributed by atoms with Crippen molar-refractivity contribution in [2.75, 3.05) is 31.1 Å². The minimum Gasteiger partial charge on any atom is -0.383 e. The summed E-state index contributed by atoms with van der Waals surface area (Å²) < 4.78 is 0. The first-order valence-electron chi connectivity index (χ1n) is 8.31. The average Bonchev–Trinajstić information content (AvgIpc) is 3.10. The molecule has 128 valence electrons. The first kappa shape index (κ1) is 16.5. The highest BCUT2D eigenvalue weighted by molar-refractivity contribution is 5.81. The molecule has 3 rings (SSSR count). The number of aromatic amines is 1. The molecule has 0 saturated carbocycles. The third-order valence-corrected chi connectivity index (χ3v) is 4.76. The normalized spacial score (nSPS) is 16.3. The summed E-state index contributed by atoms with van der Waals surface area (Å²) in [5.41, 5.74) is 4.57. The zero-order valence-electron chi connectivity index (χ0n) is 14.2. The molecule has 1 aliphatic rings. The van der Waals surface area contributed by atoms with Crippen molar-refractivity contribution in [3.05, 3.63) is 47.5 Å². The van der Waals surface area contributed by atoms with Gasteiger partial charge in [0.1, 0.15) is 6.10 Å². The van der Waals surface area contributed by atoms with E-state index in [9.17, 15) is 9.90 Å². The van der Waals surface area contributed by atoms with Crippen LogP contribution in [0.3, 0.4) is 0 Å². The molecule has 1 amide bonds. The molecule has 1 aliphatic heterocycles. The molecule has 1 aromatic heterocycles. The van der Waals surface area contributed by atoms with Crippen LogP contribution in [-0.2, 0) is 11.2 Å². The maximum Gasteiger partial charge on any atom is 0.251 e. The zero-order valence-corrected chi connectivity index (χ0v) is 14.2. The molecule has 2 heterocycles. The molecule has 0 unspecified atom stereocenters. The highest BCUT2D eigenvalue weighted by Crippen LogP contribution is 2.24. The van der Waals surface area contributed by atoms with Crippen LogP contribution in [0, 0.1) is 13.8 Å². The predicted octanol–water partition coefficient (Wildman–Crippen LogP) is 1.28. The molecular formula is C18H24N4O2. The fourth-order valence-corrected chi connectivity index (χ4v) is 3.15. The Hall–Kier alpha value is -2.34. The summed E-state index contributed by atoms with van der Waals surface area (Å²) in [6, 6.07) is 6.32. The van der Waals surface area contributed by atoms with Crippen molar-refractivity contribution in [1.29, 1.82) is 0 Å². The molecule has 6 nitrogen and oxygen atoms in total. The molecule has 1 fully saturated rings. The van der Waals surface area contributed by atoms with E-state index >= 15 is 0 Å². The molecule has 2 aromatic rings. The SMILES string of the molecule is Cc1cccc(N2CCN(C(=O)[C@H](O)Cc3cnc[nH]3)CC2)c1C. The van der Waals surface area contributed by atoms with E-state index in [0.29, 0.717) is 13.1 Å². The van der Waals surface area contributed by atoms with E-state index in [2.05, 4.69) is 46.9 Å². The number of carbonyl (C=O) groups excluding carboxylic acids is 1. The molecule has 0 radical (unpaired) electrons. The number of imidazole rings is 1. The molecule has 0 aliphatic carbocycles. The molecule has 24 heavy (non-hydrogen) atoms. The van der Waals surface area contributed by atoms with Crippen LogP contribution in [-0.4, -0.2) is 58.2 Å². The highest BCUT2D eigenvalue weighted by Gasteiger charge is 2.27. The van der Waals surface area contributed by atoms with Gasteiger partial charge in [-0.15, -0.1) is 0 Å². The Balaban J connectivity index is 1.58. The van der Waals surface area contributed by atoms with E-state index in [0.717, 1.165) is 18.8 Å². The number of aromatic nitrogens is 2. The van der Waals surface area contributed by atoms with Crippen LogP contribution in [0.5, 0.6) is 0 Å². The Bertz CT molecular complexity index is 691. The second-order valence-corrected chi connectivity index (χ2v) is 6.33. The molecule has 1 saturated heterocycles. The van der Waals surface area contributed by atoms with Crippen LogP contribution in [0.25, 0.3) is 0 Å². The lowest BCUT2D eigenvalue weighted by Gasteiger charge is -2.37. The molecular weight excluding hydrogens is 304 g/mol. The van der Waals surface area contributed by atoms with Crippen LogP contribution in [0.4, 0.5) is 5.69 Å². The number of amides is 1. The number of hydrogen-bond acceptors (Lipinski definition) is 4. The third-order valence-electron chi connectivity index (χ3n) is 4.76. The van der Waals surface area contributed by atoms with Crippen LogP contribution >= 0.6 is 0 Å². The second kappa shape index (κ2) is 7.05. The van der Waals surface area contributed by atoms with Crippen LogP contribution in [0.15, 0.2) is 30.7 Å². The molecule has 1 atom stereocenters. The van der Waals surface area contributed by atoms with E-state index in [1.165, 1.54) is 16.8 Å². The first-order chi connectivity index (χ1) is 11.6. The van der Waals surface area contributed by atoms with Crippen molar-refractivity contribution in [3.8, 4) is 0 Å². The number of H-pyrrole nitrogens is 1. The minimum absolute atomic E-state index is 0.204. The number of rotatable bonds is 4. The molecule has 6 heteroatoms. The molecule has 0 bridgehead atoms. The van der Waals surface area contributed by atoms with Gasteiger partial charge in [-0.3, -0.25) is 4.79 Å². The Kier molecular flexibility index (Phi) is 4.85. The Labute approximate surface area is 142 Å². The topological polar surface area (TPSA) is 72.5 Å². The van der Waals surface area contributed by atoms with Gasteiger partial charge in [0.25, 0.3) is 5.91 Å². The monoisotopic (exact) mass is 328 g/mol. The zero-order chi connectivity index (χ0) is 17.1. The molecule has 1 aromatic carbocycles. The van der Waals surface area contributed by atoms with Crippen molar-refractivity contribution >= 4 is 11.6 Å². The van der Waals surface area contributed by atoms with Crippen molar-refractivity contribution in [1.82, 2.24) is 14.9 Å². The van der Waals surface area contributed by atoms with Gasteiger partial charge < -0.3 is 19.9 Å². The second-order valence-electron chi connectivity index (χ2n) is 6.33. The Morgan fingerprint density at radius 1 is 1.29 bits per heavy atom. The number of aliphatic hydroxyl groups excluding tert-OH is 1. The van der Waals surface area contributed by atoms with Gasteiger partial charge in [0.15, 0.2) is 0 Å². The number of nitrogens with one attached hydrogen (secondary N) is 1. The summed E-state index contributed by atoms with van der Waals surface area (Å²) in [5.74, 6) is -0.204. The standard InChI is InChI=1S/C18H24N4O2/c1-13-4-3-5-16(14(13)2)21-6-8-22(9-7-21)18(24)17(23)10-15-11-19-12-20-15/h3-5,11-12,17,23H,6-10H2,1-2H3,(H,19,20)/t17-/m1/s1. The van der Waals surface area contributed by atoms with Gasteiger partial charge in [-0.1, -0.05) is 12.1 Å². The maximum absolute atomic E-state index is 12.4. The van der Waals surface area contributed by atoms with E-state index < -0.39 is 6.10 Å². The van der Waals surface area contributed by atoms with E-state index in [-0.39, 0.29) is 12.3 Å². The fourth-order valence-electron chi connectivity index (χ4n) is 3.15. The number of piperazine rings is 1. The minimum atomic E-state index is -1.02. The lowest BCUT2D eigenvalue weighted by molar-refractivity contribution is -0.140. The van der Waals surface area contributed by atoms with E-state index in [4.69, 9.17) is 0 Å². The third kappa shape index (κ3) is 3.43. The van der Waals surface area contributed by atoms with Crippen molar-refractivity contribution in [3.63, 3.8) is 0 Å². The first-order valence-corrected chi connectivity index (χ1v) is 8.31. The number of benzene rings is 1. The van der Waals surface area contributed by atoms with E-state index in [1.54, 1.807) is 17.4 Å². The quantitative estimate of drug-likeness (QED) is 0.887. The number of anilines is 1. The fraction of sp³-hybridized carbons (Fsp3) is 0.444. The summed E-state index contributed by atoms with van der Waals surface area (Å²) in [4.78, 5) is 23.3. The van der Waals surface area contributed by atoms with Gasteiger partial charge in [0.05, 0.1) is 6.33 Å². The van der Waals surface area contributed by atoms with Gasteiger partial charge in [0.2, 0.25) is 0 Å². The van der Waals surface area contributed by atoms with Crippen molar-refractivity contribution in [2.45, 2.75) is 26.4 Å². The van der Waals surface area contributed by atoms with Crippen molar-refractivity contribution in [2.24, 2.45) is 0 Å². The summed E-state index contributed by atoms with van der Waals surface area (Å²) in [7, 11) is 0. The van der Waals surface area contributed by atoms with Gasteiger partial charge in [0, 0.05) is 50.2 Å². The van der Waals surface area contributed by atoms with Gasteiger partial charge in [-0.25, -0.2) is 4.98 Å². The van der Waals surface area contributed by atoms with Crippen LogP contribution in [0.1, 0.15) is 16.8 Å². The Morgan fingerprint density at radius 2 is 2.04 bits per heavy atom.